The summed E-state index contributed by atoms with van der Waals surface area (Å²) < 4.78 is 19.4. The van der Waals surface area contributed by atoms with Crippen LogP contribution in [-0.4, -0.2) is 35.3 Å². The Morgan fingerprint density at radius 2 is 2.15 bits per heavy atom. The molecule has 1 N–H and O–H groups in total. The van der Waals surface area contributed by atoms with Crippen molar-refractivity contribution in [1.82, 2.24) is 10.2 Å². The van der Waals surface area contributed by atoms with Gasteiger partial charge in [0.25, 0.3) is 0 Å². The molecule has 1 atom stereocenters. The van der Waals surface area contributed by atoms with E-state index in [4.69, 9.17) is 20.9 Å². The van der Waals surface area contributed by atoms with Crippen LogP contribution in [0, 0.1) is 5.82 Å². The molecule has 3 rings (SSSR count). The summed E-state index contributed by atoms with van der Waals surface area (Å²) in [6.07, 6.45) is 0.112. The molecule has 1 aliphatic rings. The van der Waals surface area contributed by atoms with Gasteiger partial charge in [-0.25, -0.2) is 9.18 Å². The maximum Gasteiger partial charge on any atom is 0.318 e. The van der Waals surface area contributed by atoms with Crippen LogP contribution in [-0.2, 0) is 11.4 Å². The zero-order valence-electron chi connectivity index (χ0n) is 15.1. The third-order valence-electron chi connectivity index (χ3n) is 4.03. The Hall–Kier alpha value is -2.54. The predicted molar refractivity (Wildman–Crippen MR) is 100 cm³/mol. The molecule has 0 saturated heterocycles. The highest BCUT2D eigenvalue weighted by Crippen LogP contribution is 2.22. The average Bonchev–Trinajstić information content (AvgIpc) is 3.24. The number of rotatable bonds is 6. The number of benzene rings is 1. The minimum absolute atomic E-state index is 0.0396. The average molecular weight is 394 g/mol. The number of hydrogen-bond donors (Lipinski definition) is 1. The largest absolute Gasteiger partial charge is 0.443 e. The van der Waals surface area contributed by atoms with Gasteiger partial charge in [-0.2, -0.15) is 0 Å². The van der Waals surface area contributed by atoms with E-state index in [9.17, 15) is 9.18 Å². The summed E-state index contributed by atoms with van der Waals surface area (Å²) in [5.41, 5.74) is 1.07. The van der Waals surface area contributed by atoms with Crippen molar-refractivity contribution in [2.24, 2.45) is 5.16 Å². The second-order valence-corrected chi connectivity index (χ2v) is 7.02. The summed E-state index contributed by atoms with van der Waals surface area (Å²) >= 11 is 5.80. The van der Waals surface area contributed by atoms with Gasteiger partial charge in [0, 0.05) is 18.0 Å². The lowest BCUT2D eigenvalue weighted by molar-refractivity contribution is 0.0584. The fraction of sp³-hybridized carbons (Fsp3) is 0.368. The molecule has 144 valence electrons. The zero-order valence-corrected chi connectivity index (χ0v) is 15.9. The molecule has 2 aromatic rings. The van der Waals surface area contributed by atoms with Crippen molar-refractivity contribution in [3.05, 3.63) is 58.8 Å². The number of nitrogens with zero attached hydrogens (tertiary/aromatic N) is 2. The van der Waals surface area contributed by atoms with E-state index in [1.165, 1.54) is 11.0 Å². The van der Waals surface area contributed by atoms with Crippen molar-refractivity contribution < 1.29 is 18.4 Å². The number of hydrogen-bond acceptors (Lipinski definition) is 4. The fourth-order valence-electron chi connectivity index (χ4n) is 2.78. The van der Waals surface area contributed by atoms with Crippen LogP contribution in [0.5, 0.6) is 0 Å². The van der Waals surface area contributed by atoms with Crippen LogP contribution < -0.4 is 5.32 Å². The predicted octanol–water partition coefficient (Wildman–Crippen LogP) is 4.19. The molecule has 0 saturated carbocycles. The van der Waals surface area contributed by atoms with Crippen molar-refractivity contribution in [1.29, 1.82) is 0 Å². The molecule has 0 aliphatic carbocycles. The minimum Gasteiger partial charge on any atom is -0.443 e. The van der Waals surface area contributed by atoms with Gasteiger partial charge in [-0.05, 0) is 43.6 Å². The van der Waals surface area contributed by atoms with E-state index in [1.54, 1.807) is 30.3 Å². The van der Waals surface area contributed by atoms with Gasteiger partial charge in [0.1, 0.15) is 11.5 Å². The summed E-state index contributed by atoms with van der Waals surface area (Å²) in [6.45, 7) is 4.13. The monoisotopic (exact) mass is 393 g/mol. The van der Waals surface area contributed by atoms with E-state index in [-0.39, 0.29) is 42.3 Å². The van der Waals surface area contributed by atoms with E-state index in [2.05, 4.69) is 10.5 Å². The number of amides is 2. The molecule has 0 fully saturated rings. The van der Waals surface area contributed by atoms with Crippen LogP contribution >= 0.6 is 11.6 Å². The molecule has 0 unspecified atom stereocenters. The Balaban J connectivity index is 1.68. The van der Waals surface area contributed by atoms with Crippen LogP contribution in [0.4, 0.5) is 9.18 Å². The first-order valence-electron chi connectivity index (χ1n) is 8.69. The van der Waals surface area contributed by atoms with Crippen molar-refractivity contribution in [2.75, 3.05) is 6.54 Å². The maximum absolute atomic E-state index is 14.0. The molecular formula is C19H21ClFN3O3. The highest BCUT2D eigenvalue weighted by atomic mass is 35.5. The molecule has 2 amide bonds. The summed E-state index contributed by atoms with van der Waals surface area (Å²) in [5, 5.41) is 7.14. The van der Waals surface area contributed by atoms with Crippen molar-refractivity contribution >= 4 is 23.3 Å². The lowest BCUT2D eigenvalue weighted by Crippen LogP contribution is -2.45. The van der Waals surface area contributed by atoms with E-state index in [0.29, 0.717) is 23.5 Å². The second-order valence-electron chi connectivity index (χ2n) is 6.65. The van der Waals surface area contributed by atoms with E-state index in [0.717, 1.165) is 0 Å². The molecule has 0 radical (unpaired) electrons. The SMILES string of the molecule is CC(C)NC(=O)N(Cc1ccccc1F)C[C@@H]1CC(c2ccc(Cl)o2)=NO1. The number of carbonyl (C=O) groups is 1. The van der Waals surface area contributed by atoms with Gasteiger partial charge in [0.15, 0.2) is 17.1 Å². The van der Waals surface area contributed by atoms with Gasteiger partial charge in [0.05, 0.1) is 13.1 Å². The summed E-state index contributed by atoms with van der Waals surface area (Å²) in [6, 6.07) is 9.42. The Morgan fingerprint density at radius 3 is 2.81 bits per heavy atom. The van der Waals surface area contributed by atoms with Crippen molar-refractivity contribution in [3.8, 4) is 0 Å². The van der Waals surface area contributed by atoms with E-state index in [1.807, 2.05) is 13.8 Å². The normalized spacial score (nSPS) is 16.2. The molecular weight excluding hydrogens is 373 g/mol. The van der Waals surface area contributed by atoms with E-state index >= 15 is 0 Å². The van der Waals surface area contributed by atoms with Crippen molar-refractivity contribution in [2.45, 2.75) is 39.0 Å². The fourth-order valence-corrected chi connectivity index (χ4v) is 2.92. The molecule has 1 aliphatic heterocycles. The van der Waals surface area contributed by atoms with Gasteiger partial charge in [0.2, 0.25) is 0 Å². The quantitative estimate of drug-likeness (QED) is 0.800. The summed E-state index contributed by atoms with van der Waals surface area (Å²) in [7, 11) is 0. The first-order chi connectivity index (χ1) is 12.9. The Labute approximate surface area is 161 Å². The zero-order chi connectivity index (χ0) is 19.4. The number of halogens is 2. The third kappa shape index (κ3) is 5.01. The first kappa shape index (κ1) is 19.2. The van der Waals surface area contributed by atoms with Gasteiger partial charge in [-0.15, -0.1) is 0 Å². The minimum atomic E-state index is -0.353. The molecule has 0 spiro atoms. The van der Waals surface area contributed by atoms with Gasteiger partial charge in [-0.1, -0.05) is 23.4 Å². The van der Waals surface area contributed by atoms with Crippen LogP contribution in [0.25, 0.3) is 0 Å². The number of oxime groups is 1. The Morgan fingerprint density at radius 1 is 1.37 bits per heavy atom. The van der Waals surface area contributed by atoms with Crippen LogP contribution in [0.3, 0.4) is 0 Å². The highest BCUT2D eigenvalue weighted by molar-refractivity contribution is 6.29. The summed E-state index contributed by atoms with van der Waals surface area (Å²) in [4.78, 5) is 19.6. The first-order valence-corrected chi connectivity index (χ1v) is 9.07. The summed E-state index contributed by atoms with van der Waals surface area (Å²) in [5.74, 6) is 0.184. The standard InChI is InChI=1S/C19H21ClFN3O3/c1-12(2)22-19(25)24(10-13-5-3-4-6-15(13)21)11-14-9-16(23-27-14)17-7-8-18(20)26-17/h3-8,12,14H,9-11H2,1-2H3,(H,22,25)/t14-/m0/s1. The number of urea groups is 1. The molecule has 27 heavy (non-hydrogen) atoms. The van der Waals surface area contributed by atoms with Crippen molar-refractivity contribution in [3.63, 3.8) is 0 Å². The third-order valence-corrected chi connectivity index (χ3v) is 4.24. The molecule has 6 nitrogen and oxygen atoms in total. The molecule has 1 aromatic heterocycles. The topological polar surface area (TPSA) is 67.1 Å². The lowest BCUT2D eigenvalue weighted by Gasteiger charge is -2.26. The van der Waals surface area contributed by atoms with Crippen LogP contribution in [0.2, 0.25) is 5.22 Å². The van der Waals surface area contributed by atoms with E-state index < -0.39 is 0 Å². The van der Waals surface area contributed by atoms with Gasteiger partial charge < -0.3 is 19.5 Å². The number of carbonyl (C=O) groups excluding carboxylic acids is 1. The lowest BCUT2D eigenvalue weighted by atomic mass is 10.1. The Bertz CT molecular complexity index is 837. The van der Waals surface area contributed by atoms with Gasteiger partial charge >= 0.3 is 6.03 Å². The van der Waals surface area contributed by atoms with Crippen LogP contribution in [0.1, 0.15) is 31.6 Å². The molecule has 0 bridgehead atoms. The van der Waals surface area contributed by atoms with Gasteiger partial charge in [-0.3, -0.25) is 0 Å². The smallest absolute Gasteiger partial charge is 0.318 e. The maximum atomic E-state index is 14.0. The molecule has 1 aromatic carbocycles. The number of furan rings is 1. The number of nitrogens with one attached hydrogen (secondary N) is 1. The van der Waals surface area contributed by atoms with Crippen LogP contribution in [0.15, 0.2) is 46.0 Å². The molecule has 2 heterocycles. The second kappa shape index (κ2) is 8.43. The highest BCUT2D eigenvalue weighted by Gasteiger charge is 2.28. The molecule has 8 heteroatoms. The Kier molecular flexibility index (Phi) is 6.01.